The SMILES string of the molecule is Nc1nn2cc(-c3ccc(N4CCNCC4)cc3)ccc2c1-c1ccnc2ccccc12. The lowest BCUT2D eigenvalue weighted by atomic mass is 10.0. The largest absolute Gasteiger partial charge is 0.382 e. The Morgan fingerprint density at radius 3 is 2.47 bits per heavy atom. The normalized spacial score (nSPS) is 14.3. The molecule has 3 aromatic heterocycles. The third-order valence-electron chi connectivity index (χ3n) is 6.26. The number of benzene rings is 2. The van der Waals surface area contributed by atoms with Gasteiger partial charge in [0.2, 0.25) is 0 Å². The van der Waals surface area contributed by atoms with Gasteiger partial charge in [0.15, 0.2) is 5.82 Å². The molecule has 158 valence electrons. The van der Waals surface area contributed by atoms with Gasteiger partial charge in [0.25, 0.3) is 0 Å². The van der Waals surface area contributed by atoms with Crippen molar-refractivity contribution in [3.05, 3.63) is 79.1 Å². The molecular weight excluding hydrogens is 396 g/mol. The minimum Gasteiger partial charge on any atom is -0.382 e. The number of piperazine rings is 1. The second-order valence-electron chi connectivity index (χ2n) is 8.17. The number of nitrogen functional groups attached to an aromatic ring is 1. The summed E-state index contributed by atoms with van der Waals surface area (Å²) in [4.78, 5) is 6.90. The maximum atomic E-state index is 6.40. The highest BCUT2D eigenvalue weighted by atomic mass is 15.2. The average molecular weight is 421 g/mol. The van der Waals surface area contributed by atoms with Crippen LogP contribution in [-0.4, -0.2) is 40.8 Å². The molecule has 0 bridgehead atoms. The van der Waals surface area contributed by atoms with Gasteiger partial charge in [-0.25, -0.2) is 4.52 Å². The van der Waals surface area contributed by atoms with Gasteiger partial charge in [-0.15, -0.1) is 5.10 Å². The molecule has 5 aromatic rings. The first-order valence-corrected chi connectivity index (χ1v) is 11.0. The van der Waals surface area contributed by atoms with Crippen LogP contribution in [0, 0.1) is 0 Å². The molecule has 6 heteroatoms. The monoisotopic (exact) mass is 420 g/mol. The van der Waals surface area contributed by atoms with Crippen LogP contribution in [0.4, 0.5) is 11.5 Å². The number of hydrogen-bond donors (Lipinski definition) is 2. The number of hydrogen-bond acceptors (Lipinski definition) is 5. The Bertz CT molecular complexity index is 1410. The molecular formula is C26H24N6. The highest BCUT2D eigenvalue weighted by molar-refractivity contribution is 6.02. The lowest BCUT2D eigenvalue weighted by Gasteiger charge is -2.29. The summed E-state index contributed by atoms with van der Waals surface area (Å²) in [6.45, 7) is 4.16. The third kappa shape index (κ3) is 3.16. The molecule has 2 aromatic carbocycles. The Labute approximate surface area is 186 Å². The lowest BCUT2D eigenvalue weighted by Crippen LogP contribution is -2.43. The summed E-state index contributed by atoms with van der Waals surface area (Å²) in [5.41, 5.74) is 13.9. The van der Waals surface area contributed by atoms with Gasteiger partial charge in [0.1, 0.15) is 0 Å². The van der Waals surface area contributed by atoms with E-state index in [2.05, 4.69) is 69.0 Å². The maximum absolute atomic E-state index is 6.40. The van der Waals surface area contributed by atoms with Crippen LogP contribution < -0.4 is 16.0 Å². The number of nitrogens with zero attached hydrogens (tertiary/aromatic N) is 4. The van der Waals surface area contributed by atoms with Crippen molar-refractivity contribution in [1.29, 1.82) is 0 Å². The molecule has 0 unspecified atom stereocenters. The molecule has 1 fully saturated rings. The molecule has 1 aliphatic rings. The summed E-state index contributed by atoms with van der Waals surface area (Å²) in [5.74, 6) is 0.521. The minimum atomic E-state index is 0.521. The number of rotatable bonds is 3. The third-order valence-corrected chi connectivity index (χ3v) is 6.26. The quantitative estimate of drug-likeness (QED) is 0.458. The van der Waals surface area contributed by atoms with E-state index in [4.69, 9.17) is 5.73 Å². The van der Waals surface area contributed by atoms with E-state index >= 15 is 0 Å². The van der Waals surface area contributed by atoms with Gasteiger partial charge < -0.3 is 16.0 Å². The molecule has 1 saturated heterocycles. The number of nitrogens with one attached hydrogen (secondary N) is 1. The Kier molecular flexibility index (Phi) is 4.51. The number of pyridine rings is 2. The van der Waals surface area contributed by atoms with Crippen LogP contribution in [0.15, 0.2) is 79.1 Å². The highest BCUT2D eigenvalue weighted by Crippen LogP contribution is 2.35. The summed E-state index contributed by atoms with van der Waals surface area (Å²) < 4.78 is 1.89. The van der Waals surface area contributed by atoms with Gasteiger partial charge in [-0.2, -0.15) is 0 Å². The predicted molar refractivity (Wildman–Crippen MR) is 131 cm³/mol. The number of nitrogens with two attached hydrogens (primary N) is 1. The van der Waals surface area contributed by atoms with Crippen LogP contribution in [0.2, 0.25) is 0 Å². The highest BCUT2D eigenvalue weighted by Gasteiger charge is 2.16. The lowest BCUT2D eigenvalue weighted by molar-refractivity contribution is 0.589. The maximum Gasteiger partial charge on any atom is 0.154 e. The number of para-hydroxylation sites is 1. The van der Waals surface area contributed by atoms with Gasteiger partial charge in [-0.3, -0.25) is 4.98 Å². The van der Waals surface area contributed by atoms with Gasteiger partial charge in [0.05, 0.1) is 16.6 Å². The first-order chi connectivity index (χ1) is 15.8. The van der Waals surface area contributed by atoms with Crippen molar-refractivity contribution in [2.24, 2.45) is 0 Å². The van der Waals surface area contributed by atoms with Crippen molar-refractivity contribution in [2.75, 3.05) is 36.8 Å². The summed E-state index contributed by atoms with van der Waals surface area (Å²) in [7, 11) is 0. The zero-order valence-corrected chi connectivity index (χ0v) is 17.7. The number of anilines is 2. The Morgan fingerprint density at radius 2 is 1.62 bits per heavy atom. The van der Waals surface area contributed by atoms with Crippen molar-refractivity contribution in [1.82, 2.24) is 19.9 Å². The van der Waals surface area contributed by atoms with Crippen molar-refractivity contribution in [3.63, 3.8) is 0 Å². The Hall–Kier alpha value is -3.90. The van der Waals surface area contributed by atoms with E-state index in [1.54, 1.807) is 0 Å². The minimum absolute atomic E-state index is 0.521. The summed E-state index contributed by atoms with van der Waals surface area (Å²) in [5, 5.41) is 9.11. The molecule has 0 amide bonds. The molecule has 1 aliphatic heterocycles. The van der Waals surface area contributed by atoms with Crippen molar-refractivity contribution < 1.29 is 0 Å². The first kappa shape index (κ1) is 18.8. The second-order valence-corrected chi connectivity index (χ2v) is 8.17. The van der Waals surface area contributed by atoms with Crippen LogP contribution >= 0.6 is 0 Å². The fraction of sp³-hybridized carbons (Fsp3) is 0.154. The molecule has 0 aliphatic carbocycles. The van der Waals surface area contributed by atoms with Gasteiger partial charge in [-0.05, 0) is 41.5 Å². The Morgan fingerprint density at radius 1 is 0.844 bits per heavy atom. The van der Waals surface area contributed by atoms with E-state index in [-0.39, 0.29) is 0 Å². The van der Waals surface area contributed by atoms with Crippen LogP contribution in [-0.2, 0) is 0 Å². The fourth-order valence-corrected chi connectivity index (χ4v) is 4.62. The molecule has 0 radical (unpaired) electrons. The van der Waals surface area contributed by atoms with E-state index in [0.29, 0.717) is 5.82 Å². The van der Waals surface area contributed by atoms with Crippen molar-refractivity contribution in [3.8, 4) is 22.3 Å². The van der Waals surface area contributed by atoms with E-state index in [0.717, 1.165) is 64.9 Å². The molecule has 0 spiro atoms. The standard InChI is InChI=1S/C26H24N6/c27-26-25(22-11-12-29-23-4-2-1-3-21(22)23)24-10-7-19(17-32(24)30-26)18-5-8-20(9-6-18)31-15-13-28-14-16-31/h1-12,17,28H,13-16H2,(H2,27,30). The van der Waals surface area contributed by atoms with E-state index in [1.807, 2.05) is 35.0 Å². The van der Waals surface area contributed by atoms with Gasteiger partial charge in [-0.1, -0.05) is 36.4 Å². The summed E-state index contributed by atoms with van der Waals surface area (Å²) in [6, 6.07) is 23.2. The van der Waals surface area contributed by atoms with E-state index < -0.39 is 0 Å². The fourth-order valence-electron chi connectivity index (χ4n) is 4.62. The Balaban J connectivity index is 1.39. The van der Waals surface area contributed by atoms with Crippen molar-refractivity contribution in [2.45, 2.75) is 0 Å². The molecule has 3 N–H and O–H groups in total. The average Bonchev–Trinajstić information content (AvgIpc) is 3.19. The smallest absolute Gasteiger partial charge is 0.154 e. The molecule has 0 atom stereocenters. The predicted octanol–water partition coefficient (Wildman–Crippen LogP) is 4.21. The zero-order valence-electron chi connectivity index (χ0n) is 17.7. The van der Waals surface area contributed by atoms with Crippen LogP contribution in [0.5, 0.6) is 0 Å². The number of fused-ring (bicyclic) bond motifs is 2. The van der Waals surface area contributed by atoms with E-state index in [1.165, 1.54) is 5.69 Å². The van der Waals surface area contributed by atoms with Crippen LogP contribution in [0.3, 0.4) is 0 Å². The first-order valence-electron chi connectivity index (χ1n) is 11.0. The molecule has 0 saturated carbocycles. The van der Waals surface area contributed by atoms with Crippen molar-refractivity contribution >= 4 is 27.9 Å². The topological polar surface area (TPSA) is 71.5 Å². The van der Waals surface area contributed by atoms with Crippen LogP contribution in [0.1, 0.15) is 0 Å². The summed E-state index contributed by atoms with van der Waals surface area (Å²) in [6.07, 6.45) is 3.88. The van der Waals surface area contributed by atoms with Gasteiger partial charge in [0, 0.05) is 55.2 Å². The second kappa shape index (κ2) is 7.66. The zero-order chi connectivity index (χ0) is 21.5. The van der Waals surface area contributed by atoms with Gasteiger partial charge >= 0.3 is 0 Å². The van der Waals surface area contributed by atoms with E-state index in [9.17, 15) is 0 Å². The molecule has 4 heterocycles. The molecule has 32 heavy (non-hydrogen) atoms. The summed E-state index contributed by atoms with van der Waals surface area (Å²) >= 11 is 0. The molecule has 6 rings (SSSR count). The van der Waals surface area contributed by atoms with Crippen LogP contribution in [0.25, 0.3) is 38.7 Å². The number of aromatic nitrogens is 3. The molecule has 6 nitrogen and oxygen atoms in total.